The quantitative estimate of drug-likeness (QED) is 0.164. The highest BCUT2D eigenvalue weighted by Crippen LogP contribution is 2.39. The van der Waals surface area contributed by atoms with Gasteiger partial charge in [-0.15, -0.1) is 0 Å². The number of nitrogens with one attached hydrogen (secondary N) is 1. The summed E-state index contributed by atoms with van der Waals surface area (Å²) >= 11 is 6.23. The number of imide groups is 2. The van der Waals surface area contributed by atoms with Gasteiger partial charge in [0, 0.05) is 6.07 Å². The van der Waals surface area contributed by atoms with Crippen LogP contribution in [0.15, 0.2) is 66.2 Å². The van der Waals surface area contributed by atoms with Gasteiger partial charge in [0.15, 0.2) is 0 Å². The molecule has 0 aromatic heterocycles. The average Bonchev–Trinajstić information content (AvgIpc) is 2.87. The van der Waals surface area contributed by atoms with Crippen molar-refractivity contribution in [2.75, 3.05) is 4.90 Å². The molecule has 1 N–H and O–H groups in total. The zero-order valence-corrected chi connectivity index (χ0v) is 20.7. The molecule has 1 aliphatic heterocycles. The van der Waals surface area contributed by atoms with Crippen molar-refractivity contribution in [3.05, 3.63) is 98.1 Å². The number of nitro groups is 1. The van der Waals surface area contributed by atoms with Gasteiger partial charge in [0.1, 0.15) is 11.3 Å². The maximum absolute atomic E-state index is 13.1. The lowest BCUT2D eigenvalue weighted by Crippen LogP contribution is -2.54. The van der Waals surface area contributed by atoms with Crippen LogP contribution in [0.25, 0.3) is 6.08 Å². The van der Waals surface area contributed by atoms with Crippen LogP contribution in [-0.2, 0) is 22.2 Å². The van der Waals surface area contributed by atoms with Crippen molar-refractivity contribution in [1.82, 2.24) is 5.32 Å². The summed E-state index contributed by atoms with van der Waals surface area (Å²) in [6, 6.07) is 11.4. The maximum Gasteiger partial charge on any atom is 0.416 e. The lowest BCUT2D eigenvalue weighted by atomic mass is 10.1. The molecular weight excluding hydrogens is 543 g/mol. The second-order valence-corrected chi connectivity index (χ2v) is 8.61. The molecule has 13 heteroatoms. The fourth-order valence-corrected chi connectivity index (χ4v) is 3.90. The van der Waals surface area contributed by atoms with Crippen LogP contribution in [0, 0.1) is 10.1 Å². The summed E-state index contributed by atoms with van der Waals surface area (Å²) < 4.78 is 44.3. The first kappa shape index (κ1) is 27.3. The number of hydrogen-bond donors (Lipinski definition) is 1. The number of alkyl halides is 3. The van der Waals surface area contributed by atoms with Gasteiger partial charge in [-0.25, -0.2) is 9.69 Å². The van der Waals surface area contributed by atoms with E-state index in [2.05, 4.69) is 5.32 Å². The number of urea groups is 1. The first-order valence-electron chi connectivity index (χ1n) is 11.2. The van der Waals surface area contributed by atoms with Gasteiger partial charge in [-0.3, -0.25) is 25.0 Å². The molecule has 0 bridgehead atoms. The summed E-state index contributed by atoms with van der Waals surface area (Å²) in [7, 11) is 0. The number of ether oxygens (including phenoxy) is 1. The van der Waals surface area contributed by atoms with E-state index in [4.69, 9.17) is 16.3 Å². The maximum atomic E-state index is 13.1. The SMILES string of the molecule is CCc1ccc(N2C(=O)NC(=O)/C(=C\c3ccc(Oc4ccc(C(F)(F)F)cc4[N+](=O)[O-])c(Cl)c3)C2=O)cc1. The second-order valence-electron chi connectivity index (χ2n) is 8.21. The van der Waals surface area contributed by atoms with Crippen molar-refractivity contribution < 1.29 is 37.2 Å². The van der Waals surface area contributed by atoms with Crippen LogP contribution in [0.4, 0.5) is 29.3 Å². The Morgan fingerprint density at radius 3 is 2.28 bits per heavy atom. The fourth-order valence-electron chi connectivity index (χ4n) is 3.67. The molecule has 0 radical (unpaired) electrons. The van der Waals surface area contributed by atoms with Crippen LogP contribution in [0.1, 0.15) is 23.6 Å². The Balaban J connectivity index is 1.62. The molecule has 4 amide bonds. The Bertz CT molecular complexity index is 1540. The fraction of sp³-hybridized carbons (Fsp3) is 0.115. The van der Waals surface area contributed by atoms with Crippen LogP contribution in [0.5, 0.6) is 11.5 Å². The highest BCUT2D eigenvalue weighted by Gasteiger charge is 2.37. The van der Waals surface area contributed by atoms with Crippen LogP contribution in [0.3, 0.4) is 0 Å². The lowest BCUT2D eigenvalue weighted by molar-refractivity contribution is -0.385. The predicted molar refractivity (Wildman–Crippen MR) is 134 cm³/mol. The van der Waals surface area contributed by atoms with Crippen LogP contribution >= 0.6 is 11.6 Å². The van der Waals surface area contributed by atoms with E-state index in [-0.39, 0.29) is 27.6 Å². The van der Waals surface area contributed by atoms with E-state index in [1.54, 1.807) is 24.3 Å². The summed E-state index contributed by atoms with van der Waals surface area (Å²) in [4.78, 5) is 49.0. The largest absolute Gasteiger partial charge is 0.449 e. The average molecular weight is 560 g/mol. The number of aryl methyl sites for hydroxylation is 1. The minimum absolute atomic E-state index is 0.120. The first-order valence-corrected chi connectivity index (χ1v) is 11.6. The Hall–Kier alpha value is -4.71. The molecule has 1 heterocycles. The standard InChI is InChI=1S/C26H17ClF3N3O6/c1-2-14-3-7-17(8-4-14)32-24(35)18(23(34)31-25(32)36)11-15-5-9-21(19(27)12-15)39-22-10-6-16(26(28,29)30)13-20(22)33(37)38/h3-13H,2H2,1H3,(H,31,34,36)/b18-11+. The Morgan fingerprint density at radius 2 is 1.69 bits per heavy atom. The lowest BCUT2D eigenvalue weighted by Gasteiger charge is -2.26. The monoisotopic (exact) mass is 559 g/mol. The Kier molecular flexibility index (Phi) is 7.41. The van der Waals surface area contributed by atoms with Gasteiger partial charge < -0.3 is 4.74 Å². The summed E-state index contributed by atoms with van der Waals surface area (Å²) in [5.41, 5.74) is -1.03. The van der Waals surface area contributed by atoms with Crippen LogP contribution in [-0.4, -0.2) is 22.8 Å². The molecule has 0 unspecified atom stereocenters. The Labute approximate surface area is 223 Å². The number of benzene rings is 3. The van der Waals surface area contributed by atoms with Gasteiger partial charge in [0.05, 0.1) is 21.2 Å². The molecule has 1 saturated heterocycles. The van der Waals surface area contributed by atoms with E-state index in [0.717, 1.165) is 23.0 Å². The normalized spacial score (nSPS) is 14.9. The summed E-state index contributed by atoms with van der Waals surface area (Å²) in [5, 5.41) is 13.3. The third-order valence-electron chi connectivity index (χ3n) is 5.67. The zero-order chi connectivity index (χ0) is 28.5. The number of amides is 4. The molecule has 0 atom stereocenters. The summed E-state index contributed by atoms with van der Waals surface area (Å²) in [5.74, 6) is -2.41. The van der Waals surface area contributed by atoms with Crippen molar-refractivity contribution in [1.29, 1.82) is 0 Å². The molecule has 200 valence electrons. The predicted octanol–water partition coefficient (Wildman–Crippen LogP) is 6.29. The van der Waals surface area contributed by atoms with Gasteiger partial charge in [-0.05, 0) is 60.0 Å². The molecule has 39 heavy (non-hydrogen) atoms. The number of nitro benzene ring substituents is 1. The minimum Gasteiger partial charge on any atom is -0.449 e. The molecule has 4 rings (SSSR count). The van der Waals surface area contributed by atoms with Gasteiger partial charge >= 0.3 is 17.9 Å². The van der Waals surface area contributed by atoms with Gasteiger partial charge in [-0.1, -0.05) is 36.7 Å². The van der Waals surface area contributed by atoms with Gasteiger partial charge in [-0.2, -0.15) is 13.2 Å². The molecule has 0 aliphatic carbocycles. The zero-order valence-electron chi connectivity index (χ0n) is 19.9. The number of halogens is 4. The van der Waals surface area contributed by atoms with Crippen molar-refractivity contribution in [3.63, 3.8) is 0 Å². The number of barbiturate groups is 1. The summed E-state index contributed by atoms with van der Waals surface area (Å²) in [6.07, 6.45) is -2.86. The van der Waals surface area contributed by atoms with E-state index >= 15 is 0 Å². The van der Waals surface area contributed by atoms with E-state index in [1.807, 2.05) is 6.92 Å². The number of carbonyl (C=O) groups is 3. The number of carbonyl (C=O) groups excluding carboxylic acids is 3. The van der Waals surface area contributed by atoms with Crippen molar-refractivity contribution >= 4 is 46.9 Å². The van der Waals surface area contributed by atoms with Crippen LogP contribution < -0.4 is 15.0 Å². The van der Waals surface area contributed by atoms with Gasteiger partial charge in [0.25, 0.3) is 11.8 Å². The van der Waals surface area contributed by atoms with Crippen molar-refractivity contribution in [2.45, 2.75) is 19.5 Å². The topological polar surface area (TPSA) is 119 Å². The summed E-state index contributed by atoms with van der Waals surface area (Å²) in [6.45, 7) is 1.94. The molecule has 9 nitrogen and oxygen atoms in total. The van der Waals surface area contributed by atoms with E-state index in [9.17, 15) is 37.7 Å². The van der Waals surface area contributed by atoms with Gasteiger partial charge in [0.2, 0.25) is 5.75 Å². The molecular formula is C26H17ClF3N3O6. The first-order chi connectivity index (χ1) is 18.4. The molecule has 0 saturated carbocycles. The van der Waals surface area contributed by atoms with Crippen LogP contribution in [0.2, 0.25) is 5.02 Å². The van der Waals surface area contributed by atoms with E-state index in [0.29, 0.717) is 12.1 Å². The van der Waals surface area contributed by atoms with E-state index < -0.39 is 45.9 Å². The second kappa shape index (κ2) is 10.6. The minimum atomic E-state index is -4.79. The number of rotatable bonds is 6. The highest BCUT2D eigenvalue weighted by molar-refractivity contribution is 6.39. The molecule has 1 fully saturated rings. The highest BCUT2D eigenvalue weighted by atomic mass is 35.5. The van der Waals surface area contributed by atoms with Crippen molar-refractivity contribution in [3.8, 4) is 11.5 Å². The smallest absolute Gasteiger partial charge is 0.416 e. The van der Waals surface area contributed by atoms with E-state index in [1.165, 1.54) is 24.3 Å². The third-order valence-corrected chi connectivity index (χ3v) is 5.97. The number of hydrogen-bond acceptors (Lipinski definition) is 6. The van der Waals surface area contributed by atoms with Crippen molar-refractivity contribution in [2.24, 2.45) is 0 Å². The Morgan fingerprint density at radius 1 is 1.03 bits per heavy atom. The number of anilines is 1. The molecule has 3 aromatic rings. The number of nitrogens with zero attached hydrogens (tertiary/aromatic N) is 2. The molecule has 1 aliphatic rings. The molecule has 3 aromatic carbocycles. The molecule has 0 spiro atoms. The third kappa shape index (κ3) is 5.75.